The summed E-state index contributed by atoms with van der Waals surface area (Å²) < 4.78 is 1.90. The first kappa shape index (κ1) is 18.6. The molecule has 144 valence electrons. The Morgan fingerprint density at radius 2 is 1.89 bits per heavy atom. The van der Waals surface area contributed by atoms with Gasteiger partial charge in [-0.3, -0.25) is 4.79 Å². The average Bonchev–Trinajstić information content (AvgIpc) is 3.15. The number of carbonyl (C=O) groups is 1. The molecule has 3 aromatic rings. The summed E-state index contributed by atoms with van der Waals surface area (Å²) in [6.45, 7) is 4.77. The van der Waals surface area contributed by atoms with E-state index in [1.54, 1.807) is 0 Å². The molecule has 0 fully saturated rings. The largest absolute Gasteiger partial charge is 0.355 e. The van der Waals surface area contributed by atoms with Crippen molar-refractivity contribution in [2.45, 2.75) is 36.7 Å². The lowest BCUT2D eigenvalue weighted by molar-refractivity contribution is -0.120. The van der Waals surface area contributed by atoms with Gasteiger partial charge in [0.15, 0.2) is 5.82 Å². The van der Waals surface area contributed by atoms with Crippen molar-refractivity contribution in [1.82, 2.24) is 20.2 Å². The molecule has 6 nitrogen and oxygen atoms in total. The highest BCUT2D eigenvalue weighted by atomic mass is 32.2. The van der Waals surface area contributed by atoms with Gasteiger partial charge < -0.3 is 10.7 Å². The van der Waals surface area contributed by atoms with Crippen LogP contribution < -0.4 is 10.7 Å². The summed E-state index contributed by atoms with van der Waals surface area (Å²) in [5.74, 6) is 0.757. The van der Waals surface area contributed by atoms with Crippen molar-refractivity contribution < 1.29 is 4.79 Å². The summed E-state index contributed by atoms with van der Waals surface area (Å²) in [7, 11) is 0. The molecule has 0 aliphatic carbocycles. The molecule has 0 unspecified atom stereocenters. The molecule has 0 spiro atoms. The molecule has 2 aromatic carbocycles. The smallest absolute Gasteiger partial charge is 0.236 e. The van der Waals surface area contributed by atoms with Gasteiger partial charge >= 0.3 is 0 Å². The average molecular weight is 394 g/mol. The van der Waals surface area contributed by atoms with Gasteiger partial charge in [-0.15, -0.1) is 10.2 Å². The van der Waals surface area contributed by atoms with Gasteiger partial charge in [-0.2, -0.15) is 0 Å². The van der Waals surface area contributed by atoms with E-state index < -0.39 is 0 Å². The molecule has 2 heterocycles. The van der Waals surface area contributed by atoms with Gasteiger partial charge in [0, 0.05) is 12.1 Å². The number of carbonyl (C=O) groups excluding carboxylic acids is 1. The first-order chi connectivity index (χ1) is 13.7. The zero-order chi connectivity index (χ0) is 19.5. The van der Waals surface area contributed by atoms with Gasteiger partial charge in [0.1, 0.15) is 5.25 Å². The van der Waals surface area contributed by atoms with Crippen LogP contribution >= 0.6 is 11.8 Å². The van der Waals surface area contributed by atoms with Crippen LogP contribution in [0.25, 0.3) is 11.4 Å². The van der Waals surface area contributed by atoms with Crippen LogP contribution in [0.5, 0.6) is 0 Å². The fourth-order valence-electron chi connectivity index (χ4n) is 3.20. The summed E-state index contributed by atoms with van der Waals surface area (Å²) >= 11 is 1.45. The zero-order valence-corrected chi connectivity index (χ0v) is 16.7. The fourth-order valence-corrected chi connectivity index (χ4v) is 4.31. The van der Waals surface area contributed by atoms with Crippen molar-refractivity contribution in [3.05, 3.63) is 65.7 Å². The topological polar surface area (TPSA) is 71.8 Å². The number of fused-ring (bicyclic) bond motifs is 1. The Balaban J connectivity index is 1.72. The zero-order valence-electron chi connectivity index (χ0n) is 15.9. The van der Waals surface area contributed by atoms with Crippen LogP contribution in [-0.4, -0.2) is 32.6 Å². The van der Waals surface area contributed by atoms with Crippen molar-refractivity contribution in [3.8, 4) is 11.4 Å². The van der Waals surface area contributed by atoms with Crippen LogP contribution in [0.1, 0.15) is 30.5 Å². The molecular formula is C21H23N5OS. The van der Waals surface area contributed by atoms with E-state index >= 15 is 0 Å². The molecule has 4 rings (SSSR count). The first-order valence-electron chi connectivity index (χ1n) is 9.45. The molecule has 2 atom stereocenters. The Hall–Kier alpha value is -2.80. The molecule has 2 N–H and O–H groups in total. The third-order valence-electron chi connectivity index (χ3n) is 4.71. The van der Waals surface area contributed by atoms with Gasteiger partial charge in [0.2, 0.25) is 11.1 Å². The summed E-state index contributed by atoms with van der Waals surface area (Å²) in [5.41, 5.74) is 6.73. The summed E-state index contributed by atoms with van der Waals surface area (Å²) in [6, 6.07) is 18.0. The number of aryl methyl sites for hydroxylation is 1. The third-order valence-corrected chi connectivity index (χ3v) is 5.93. The lowest BCUT2D eigenvalue weighted by Crippen LogP contribution is -2.44. The monoisotopic (exact) mass is 393 g/mol. The fraction of sp³-hybridized carbons (Fsp3) is 0.286. The summed E-state index contributed by atoms with van der Waals surface area (Å²) in [6.07, 6.45) is 0.903. The van der Waals surface area contributed by atoms with E-state index in [1.807, 2.05) is 41.9 Å². The number of benzene rings is 2. The maximum absolute atomic E-state index is 12.9. The van der Waals surface area contributed by atoms with E-state index in [1.165, 1.54) is 17.3 Å². The number of thioether (sulfide) groups is 1. The Morgan fingerprint density at radius 3 is 2.61 bits per heavy atom. The van der Waals surface area contributed by atoms with Gasteiger partial charge in [-0.25, -0.2) is 4.68 Å². The van der Waals surface area contributed by atoms with Crippen LogP contribution in [0, 0.1) is 6.92 Å². The molecule has 0 saturated carbocycles. The number of rotatable bonds is 5. The lowest BCUT2D eigenvalue weighted by atomic mass is 10.0. The Morgan fingerprint density at radius 1 is 1.14 bits per heavy atom. The van der Waals surface area contributed by atoms with Gasteiger partial charge in [0.25, 0.3) is 0 Å². The van der Waals surface area contributed by atoms with Crippen LogP contribution in [0.4, 0.5) is 0 Å². The van der Waals surface area contributed by atoms with E-state index in [0.29, 0.717) is 11.7 Å². The molecule has 0 radical (unpaired) electrons. The predicted octanol–water partition coefficient (Wildman–Crippen LogP) is 3.54. The van der Waals surface area contributed by atoms with Gasteiger partial charge in [0.05, 0.1) is 6.04 Å². The maximum atomic E-state index is 12.9. The van der Waals surface area contributed by atoms with Gasteiger partial charge in [-0.1, -0.05) is 78.8 Å². The minimum atomic E-state index is -0.324. The molecule has 1 aromatic heterocycles. The highest BCUT2D eigenvalue weighted by molar-refractivity contribution is 8.00. The highest BCUT2D eigenvalue weighted by Gasteiger charge is 2.37. The number of hydrogen-bond donors (Lipinski definition) is 2. The molecule has 1 aliphatic heterocycles. The molecule has 0 bridgehead atoms. The van der Waals surface area contributed by atoms with E-state index in [0.717, 1.165) is 23.4 Å². The van der Waals surface area contributed by atoms with E-state index in [9.17, 15) is 4.79 Å². The number of aromatic nitrogens is 3. The molecule has 28 heavy (non-hydrogen) atoms. The van der Waals surface area contributed by atoms with Gasteiger partial charge in [-0.05, 0) is 18.9 Å². The lowest BCUT2D eigenvalue weighted by Gasteiger charge is -2.33. The molecule has 0 saturated heterocycles. The number of nitrogens with one attached hydrogen (secondary N) is 2. The van der Waals surface area contributed by atoms with Crippen LogP contribution in [0.3, 0.4) is 0 Å². The molecule has 1 amide bonds. The molecule has 7 heteroatoms. The quantitative estimate of drug-likeness (QED) is 0.694. The van der Waals surface area contributed by atoms with Crippen molar-refractivity contribution in [2.24, 2.45) is 0 Å². The standard InChI is InChI=1S/C21H23N5OS/c1-3-13-22-20(27)18-17(15-11-9-14(2)10-12-15)25-26-19(23-24-21(26)28-18)16-7-5-4-6-8-16/h4-12,17-18,25H,3,13H2,1-2H3,(H,22,27)/t17-,18-/m1/s1. The summed E-state index contributed by atoms with van der Waals surface area (Å²) in [5, 5.41) is 12.1. The normalized spacial score (nSPS) is 18.2. The van der Waals surface area contributed by atoms with E-state index in [4.69, 9.17) is 0 Å². The Labute approximate surface area is 168 Å². The summed E-state index contributed by atoms with van der Waals surface area (Å²) in [4.78, 5) is 12.9. The maximum Gasteiger partial charge on any atom is 0.236 e. The van der Waals surface area contributed by atoms with Crippen molar-refractivity contribution in [1.29, 1.82) is 0 Å². The van der Waals surface area contributed by atoms with Crippen molar-refractivity contribution in [3.63, 3.8) is 0 Å². The second kappa shape index (κ2) is 8.06. The van der Waals surface area contributed by atoms with Crippen LogP contribution in [0.15, 0.2) is 59.8 Å². The minimum absolute atomic E-state index is 0.0143. The minimum Gasteiger partial charge on any atom is -0.355 e. The number of nitrogens with zero attached hydrogens (tertiary/aromatic N) is 3. The first-order valence-corrected chi connectivity index (χ1v) is 10.3. The van der Waals surface area contributed by atoms with Crippen molar-refractivity contribution >= 4 is 17.7 Å². The Kier molecular flexibility index (Phi) is 5.34. The highest BCUT2D eigenvalue weighted by Crippen LogP contribution is 2.38. The second-order valence-corrected chi connectivity index (χ2v) is 7.96. The third kappa shape index (κ3) is 3.62. The van der Waals surface area contributed by atoms with Crippen molar-refractivity contribution in [2.75, 3.05) is 12.0 Å². The van der Waals surface area contributed by atoms with Crippen LogP contribution in [-0.2, 0) is 4.79 Å². The molecular weight excluding hydrogens is 370 g/mol. The van der Waals surface area contributed by atoms with E-state index in [2.05, 4.69) is 52.1 Å². The second-order valence-electron chi connectivity index (χ2n) is 6.85. The van der Waals surface area contributed by atoms with E-state index in [-0.39, 0.29) is 17.2 Å². The predicted molar refractivity (Wildman–Crippen MR) is 112 cm³/mol. The Bertz CT molecular complexity index is 955. The SMILES string of the molecule is CCCNC(=O)[C@@H]1Sc2nnc(-c3ccccc3)n2N[C@@H]1c1ccc(C)cc1. The number of hydrogen-bond acceptors (Lipinski definition) is 5. The number of amides is 1. The van der Waals surface area contributed by atoms with Crippen LogP contribution in [0.2, 0.25) is 0 Å². The molecule has 1 aliphatic rings.